The van der Waals surface area contributed by atoms with E-state index in [1.165, 1.54) is 44.2 Å². The number of H-pyrrole nitrogens is 2. The van der Waals surface area contributed by atoms with Crippen molar-refractivity contribution in [2.75, 3.05) is 5.32 Å². The van der Waals surface area contributed by atoms with Crippen LogP contribution in [0.2, 0.25) is 0 Å². The number of hydrogen-bond acceptors (Lipinski definition) is 5. The molecule has 42 heavy (non-hydrogen) atoms. The van der Waals surface area contributed by atoms with E-state index in [1.54, 1.807) is 18.3 Å². The fraction of sp³-hybridized carbons (Fsp3) is 0.235. The Balaban J connectivity index is 1.21. The number of pyridine rings is 2. The van der Waals surface area contributed by atoms with Crippen LogP contribution in [0.4, 0.5) is 10.1 Å². The number of aromatic amines is 2. The maximum Gasteiger partial charge on any atom is 0.159 e. The van der Waals surface area contributed by atoms with Gasteiger partial charge in [0, 0.05) is 28.9 Å². The van der Waals surface area contributed by atoms with Crippen LogP contribution in [0.3, 0.4) is 0 Å². The lowest BCUT2D eigenvalue weighted by Gasteiger charge is -2.22. The van der Waals surface area contributed by atoms with Crippen LogP contribution in [0.25, 0.3) is 52.0 Å². The highest BCUT2D eigenvalue weighted by Crippen LogP contribution is 2.29. The lowest BCUT2D eigenvalue weighted by atomic mass is 9.86. The number of benzene rings is 1. The number of allylic oxidation sites excluding steroid dienone is 3. The van der Waals surface area contributed by atoms with Gasteiger partial charge >= 0.3 is 0 Å². The summed E-state index contributed by atoms with van der Waals surface area (Å²) in [6.07, 6.45) is 17.0. The van der Waals surface area contributed by atoms with Gasteiger partial charge in [-0.25, -0.2) is 9.37 Å². The monoisotopic (exact) mass is 559 g/mol. The number of rotatable bonds is 8. The fourth-order valence-electron chi connectivity index (χ4n) is 5.60. The highest BCUT2D eigenvalue weighted by atomic mass is 19.1. The third-order valence-corrected chi connectivity index (χ3v) is 7.92. The summed E-state index contributed by atoms with van der Waals surface area (Å²) in [6.45, 7) is 10.6. The van der Waals surface area contributed by atoms with E-state index in [4.69, 9.17) is 4.98 Å². The number of nitrogens with one attached hydrogen (secondary N) is 3. The van der Waals surface area contributed by atoms with Crippen molar-refractivity contribution < 1.29 is 4.39 Å². The smallest absolute Gasteiger partial charge is 0.159 e. The molecule has 0 radical (unpaired) electrons. The van der Waals surface area contributed by atoms with Crippen LogP contribution in [0, 0.1) is 11.7 Å². The molecule has 0 spiro atoms. The Bertz CT molecular complexity index is 1880. The van der Waals surface area contributed by atoms with Crippen LogP contribution >= 0.6 is 0 Å². The molecule has 0 saturated heterocycles. The minimum atomic E-state index is -0.295. The van der Waals surface area contributed by atoms with Crippen molar-refractivity contribution in [3.05, 3.63) is 95.3 Å². The Kier molecular flexibility index (Phi) is 7.77. The summed E-state index contributed by atoms with van der Waals surface area (Å²) >= 11 is 0. The number of fused-ring (bicyclic) bond motifs is 1. The summed E-state index contributed by atoms with van der Waals surface area (Å²) in [7, 11) is 0. The molecular formula is C34H34FN7. The van der Waals surface area contributed by atoms with Gasteiger partial charge in [-0.1, -0.05) is 51.3 Å². The number of hydrogen-bond donors (Lipinski definition) is 3. The van der Waals surface area contributed by atoms with Gasteiger partial charge in [-0.2, -0.15) is 5.10 Å². The third-order valence-electron chi connectivity index (χ3n) is 7.92. The highest BCUT2D eigenvalue weighted by Gasteiger charge is 2.15. The summed E-state index contributed by atoms with van der Waals surface area (Å²) in [5, 5.41) is 12.6. The standard InChI is InChI=1S/C34H34FN7/c1-21(26-18-28(20-36-19-26)38-22(2)17-24-7-5-4-6-8-24)9-14-29-23(3)31(42-41-29)34-39-30-15-16-37-32(33(30)40-34)25-10-12-27(35)13-11-25/h9-16,18-20,24,38,41H,2-8,17H2,1H3,(H,39,40)/b21-9+,29-14+. The van der Waals surface area contributed by atoms with Gasteiger partial charge in [0.05, 0.1) is 28.4 Å². The predicted octanol–water partition coefficient (Wildman–Crippen LogP) is 6.74. The Labute approximate surface area is 244 Å². The Morgan fingerprint density at radius 1 is 1.10 bits per heavy atom. The molecule has 5 aromatic rings. The summed E-state index contributed by atoms with van der Waals surface area (Å²) in [4.78, 5) is 17.0. The number of anilines is 1. The number of imidazole rings is 1. The Morgan fingerprint density at radius 2 is 1.90 bits per heavy atom. The zero-order chi connectivity index (χ0) is 29.1. The number of aromatic nitrogens is 6. The minimum absolute atomic E-state index is 0.295. The summed E-state index contributed by atoms with van der Waals surface area (Å²) in [5.74, 6) is 1.02. The number of halogens is 1. The predicted molar refractivity (Wildman–Crippen MR) is 168 cm³/mol. The summed E-state index contributed by atoms with van der Waals surface area (Å²) < 4.78 is 13.5. The lowest BCUT2D eigenvalue weighted by molar-refractivity contribution is 0.357. The molecule has 0 aliphatic heterocycles. The molecule has 212 valence electrons. The second-order valence-corrected chi connectivity index (χ2v) is 11.0. The van der Waals surface area contributed by atoms with E-state index in [0.29, 0.717) is 22.7 Å². The van der Waals surface area contributed by atoms with Crippen molar-refractivity contribution in [2.24, 2.45) is 5.92 Å². The van der Waals surface area contributed by atoms with Crippen LogP contribution < -0.4 is 15.9 Å². The molecule has 4 aromatic heterocycles. The molecule has 4 heterocycles. The molecule has 1 aliphatic carbocycles. The molecule has 6 rings (SSSR count). The van der Waals surface area contributed by atoms with Gasteiger partial charge in [0.15, 0.2) is 5.82 Å². The van der Waals surface area contributed by atoms with E-state index in [2.05, 4.69) is 56.6 Å². The van der Waals surface area contributed by atoms with Gasteiger partial charge in [-0.15, -0.1) is 0 Å². The Hall–Kier alpha value is -4.85. The first-order chi connectivity index (χ1) is 20.4. The quantitative estimate of drug-likeness (QED) is 0.196. The SMILES string of the molecule is C=C(CC1CCCCC1)Nc1cncc(/C(C)=C/C=c2/[nH]nc(-c3nc4c(-c5ccc(F)cc5)nccc4[nH]3)c2=C)c1. The normalized spacial score (nSPS) is 14.9. The molecule has 1 saturated carbocycles. The lowest BCUT2D eigenvalue weighted by Crippen LogP contribution is -2.21. The largest absolute Gasteiger partial charge is 0.358 e. The molecule has 0 atom stereocenters. The average molecular weight is 560 g/mol. The molecule has 0 bridgehead atoms. The molecule has 0 unspecified atom stereocenters. The maximum atomic E-state index is 13.5. The van der Waals surface area contributed by atoms with Gasteiger partial charge in [-0.3, -0.25) is 15.1 Å². The van der Waals surface area contributed by atoms with E-state index in [0.717, 1.165) is 56.5 Å². The summed E-state index contributed by atoms with van der Waals surface area (Å²) in [5.41, 5.74) is 7.64. The van der Waals surface area contributed by atoms with Crippen LogP contribution in [-0.2, 0) is 0 Å². The second kappa shape index (κ2) is 11.9. The zero-order valence-corrected chi connectivity index (χ0v) is 23.8. The first kappa shape index (κ1) is 27.3. The maximum absolute atomic E-state index is 13.5. The van der Waals surface area contributed by atoms with Crippen LogP contribution in [0.15, 0.2) is 73.3 Å². The topological polar surface area (TPSA) is 95.2 Å². The molecule has 1 aliphatic rings. The van der Waals surface area contributed by atoms with Crippen LogP contribution in [0.1, 0.15) is 51.0 Å². The third kappa shape index (κ3) is 5.93. The van der Waals surface area contributed by atoms with Gasteiger partial charge in [0.1, 0.15) is 17.0 Å². The van der Waals surface area contributed by atoms with E-state index in [1.807, 2.05) is 30.6 Å². The van der Waals surface area contributed by atoms with Crippen LogP contribution in [0.5, 0.6) is 0 Å². The van der Waals surface area contributed by atoms with Gasteiger partial charge in [0.25, 0.3) is 0 Å². The van der Waals surface area contributed by atoms with Gasteiger partial charge in [0.2, 0.25) is 0 Å². The van der Waals surface area contributed by atoms with Crippen molar-refractivity contribution in [3.8, 4) is 22.8 Å². The fourth-order valence-corrected chi connectivity index (χ4v) is 5.60. The van der Waals surface area contributed by atoms with Crippen molar-refractivity contribution in [1.82, 2.24) is 30.1 Å². The van der Waals surface area contributed by atoms with Crippen LogP contribution in [-0.4, -0.2) is 30.1 Å². The van der Waals surface area contributed by atoms with E-state index < -0.39 is 0 Å². The minimum Gasteiger partial charge on any atom is -0.358 e. The van der Waals surface area contributed by atoms with Crippen molar-refractivity contribution in [1.29, 1.82) is 0 Å². The van der Waals surface area contributed by atoms with E-state index >= 15 is 0 Å². The van der Waals surface area contributed by atoms with Crippen molar-refractivity contribution in [2.45, 2.75) is 45.4 Å². The van der Waals surface area contributed by atoms with Gasteiger partial charge in [-0.05, 0) is 72.9 Å². The van der Waals surface area contributed by atoms with Crippen molar-refractivity contribution >= 4 is 34.9 Å². The molecule has 0 amide bonds. The molecular weight excluding hydrogens is 525 g/mol. The first-order valence-corrected chi connectivity index (χ1v) is 14.4. The Morgan fingerprint density at radius 3 is 2.71 bits per heavy atom. The molecule has 1 fully saturated rings. The van der Waals surface area contributed by atoms with Gasteiger partial charge < -0.3 is 10.3 Å². The molecule has 1 aromatic carbocycles. The first-order valence-electron chi connectivity index (χ1n) is 14.4. The van der Waals surface area contributed by atoms with Crippen molar-refractivity contribution in [3.63, 3.8) is 0 Å². The summed E-state index contributed by atoms with van der Waals surface area (Å²) in [6, 6.07) is 10.2. The average Bonchev–Trinajstić information content (AvgIpc) is 3.60. The molecule has 3 N–H and O–H groups in total. The number of nitrogens with zero attached hydrogens (tertiary/aromatic N) is 4. The highest BCUT2D eigenvalue weighted by molar-refractivity contribution is 5.91. The zero-order valence-electron chi connectivity index (χ0n) is 23.8. The van der Waals surface area contributed by atoms with E-state index in [9.17, 15) is 4.39 Å². The molecule has 7 nitrogen and oxygen atoms in total. The second-order valence-electron chi connectivity index (χ2n) is 11.0. The van der Waals surface area contributed by atoms with E-state index in [-0.39, 0.29) is 5.82 Å². The molecule has 8 heteroatoms.